The summed E-state index contributed by atoms with van der Waals surface area (Å²) in [5, 5.41) is 0.578. The number of nitrogens with zero attached hydrogens (tertiary/aromatic N) is 1. The second-order valence-corrected chi connectivity index (χ2v) is 4.49. The maximum Gasteiger partial charge on any atom is 0.303 e. The van der Waals surface area contributed by atoms with Crippen molar-refractivity contribution in [3.8, 4) is 17.6 Å². The minimum Gasteiger partial charge on any atom is -0.486 e. The number of benzene rings is 1. The average Bonchev–Trinajstić information content (AvgIpc) is 2.37. The van der Waals surface area contributed by atoms with Crippen molar-refractivity contribution in [1.29, 1.82) is 0 Å². The van der Waals surface area contributed by atoms with E-state index in [1.54, 1.807) is 30.0 Å². The first-order chi connectivity index (χ1) is 8.65. The third-order valence-electron chi connectivity index (χ3n) is 2.82. The lowest BCUT2D eigenvalue weighted by molar-refractivity contribution is -0.113. The van der Waals surface area contributed by atoms with Crippen LogP contribution >= 0.6 is 11.6 Å². The number of hydrogen-bond acceptors (Lipinski definition) is 2. The van der Waals surface area contributed by atoms with E-state index in [4.69, 9.17) is 16.3 Å². The number of carbonyl (C=O) groups is 1. The second kappa shape index (κ2) is 5.32. The maximum atomic E-state index is 12.0. The number of carbonyl (C=O) groups excluding carboxylic acids is 1. The molecule has 1 atom stereocenters. The molecular weight excluding hydrogens is 250 g/mol. The molecule has 18 heavy (non-hydrogen) atoms. The highest BCUT2D eigenvalue weighted by Crippen LogP contribution is 2.36. The summed E-state index contributed by atoms with van der Waals surface area (Å²) in [6.07, 6.45) is 0.840. The van der Waals surface area contributed by atoms with Crippen molar-refractivity contribution in [2.24, 2.45) is 0 Å². The summed E-state index contributed by atoms with van der Waals surface area (Å²) in [4.78, 5) is 13.6. The molecule has 0 radical (unpaired) electrons. The Balaban J connectivity index is 2.43. The van der Waals surface area contributed by atoms with Gasteiger partial charge >= 0.3 is 5.91 Å². The largest absolute Gasteiger partial charge is 0.486 e. The van der Waals surface area contributed by atoms with E-state index in [9.17, 15) is 4.79 Å². The first-order valence-corrected chi connectivity index (χ1v) is 6.24. The van der Waals surface area contributed by atoms with Crippen molar-refractivity contribution in [3.63, 3.8) is 0 Å². The van der Waals surface area contributed by atoms with E-state index < -0.39 is 0 Å². The summed E-state index contributed by atoms with van der Waals surface area (Å²) in [6.45, 7) is 4.19. The van der Waals surface area contributed by atoms with Gasteiger partial charge in [-0.05, 0) is 37.5 Å². The molecule has 1 aromatic rings. The van der Waals surface area contributed by atoms with Crippen LogP contribution in [0.1, 0.15) is 20.3 Å². The lowest BCUT2D eigenvalue weighted by Crippen LogP contribution is -2.42. The number of fused-ring (bicyclic) bond motifs is 1. The molecular formula is C14H14ClNO2. The minimum atomic E-state index is -0.220. The summed E-state index contributed by atoms with van der Waals surface area (Å²) in [5.41, 5.74) is 0.694. The SMILES string of the molecule is CC#CC(=O)N1CC(CC)Oc2ccc(Cl)cc21. The Labute approximate surface area is 112 Å². The first kappa shape index (κ1) is 12.8. The van der Waals surface area contributed by atoms with Gasteiger partial charge in [0.2, 0.25) is 0 Å². The summed E-state index contributed by atoms with van der Waals surface area (Å²) >= 11 is 5.96. The number of halogens is 1. The fraction of sp³-hybridized carbons (Fsp3) is 0.357. The van der Waals surface area contributed by atoms with E-state index in [1.807, 2.05) is 6.92 Å². The molecule has 1 unspecified atom stereocenters. The van der Waals surface area contributed by atoms with E-state index in [-0.39, 0.29) is 12.0 Å². The van der Waals surface area contributed by atoms with Gasteiger partial charge in [-0.15, -0.1) is 0 Å². The highest BCUT2D eigenvalue weighted by atomic mass is 35.5. The van der Waals surface area contributed by atoms with Gasteiger partial charge in [0.1, 0.15) is 11.9 Å². The lowest BCUT2D eigenvalue weighted by Gasteiger charge is -2.33. The van der Waals surface area contributed by atoms with E-state index in [0.717, 1.165) is 6.42 Å². The number of amides is 1. The van der Waals surface area contributed by atoms with Crippen LogP contribution in [0, 0.1) is 11.8 Å². The van der Waals surface area contributed by atoms with Crippen LogP contribution < -0.4 is 9.64 Å². The first-order valence-electron chi connectivity index (χ1n) is 5.86. The number of rotatable bonds is 1. The molecule has 1 aliphatic heterocycles. The second-order valence-electron chi connectivity index (χ2n) is 4.05. The van der Waals surface area contributed by atoms with Crippen molar-refractivity contribution in [1.82, 2.24) is 0 Å². The quantitative estimate of drug-likeness (QED) is 0.729. The molecule has 0 aromatic heterocycles. The van der Waals surface area contributed by atoms with Gasteiger partial charge in [-0.1, -0.05) is 24.4 Å². The number of anilines is 1. The van der Waals surface area contributed by atoms with Gasteiger partial charge in [-0.2, -0.15) is 0 Å². The van der Waals surface area contributed by atoms with Gasteiger partial charge in [-0.3, -0.25) is 9.69 Å². The monoisotopic (exact) mass is 263 g/mol. The third-order valence-corrected chi connectivity index (χ3v) is 3.06. The van der Waals surface area contributed by atoms with Crippen LogP contribution in [-0.4, -0.2) is 18.6 Å². The molecule has 3 nitrogen and oxygen atoms in total. The standard InChI is InChI=1S/C14H14ClNO2/c1-3-5-14(17)16-9-11(4-2)18-13-7-6-10(15)8-12(13)16/h6-8,11H,4,9H2,1-2H3. The van der Waals surface area contributed by atoms with Crippen LogP contribution in [0.2, 0.25) is 5.02 Å². The normalized spacial score (nSPS) is 17.3. The summed E-state index contributed by atoms with van der Waals surface area (Å²) in [6, 6.07) is 5.28. The molecule has 1 aromatic carbocycles. The lowest BCUT2D eigenvalue weighted by atomic mass is 10.1. The van der Waals surface area contributed by atoms with E-state index in [2.05, 4.69) is 11.8 Å². The molecule has 0 N–H and O–H groups in total. The van der Waals surface area contributed by atoms with Gasteiger partial charge < -0.3 is 4.74 Å². The number of hydrogen-bond donors (Lipinski definition) is 0. The molecule has 1 heterocycles. The van der Waals surface area contributed by atoms with Crippen molar-refractivity contribution in [2.45, 2.75) is 26.4 Å². The molecule has 2 rings (SSSR count). The van der Waals surface area contributed by atoms with Crippen LogP contribution in [0.4, 0.5) is 5.69 Å². The van der Waals surface area contributed by atoms with Crippen LogP contribution in [0.25, 0.3) is 0 Å². The van der Waals surface area contributed by atoms with Crippen molar-refractivity contribution < 1.29 is 9.53 Å². The van der Waals surface area contributed by atoms with Crippen molar-refractivity contribution >= 4 is 23.2 Å². The molecule has 0 fully saturated rings. The predicted octanol–water partition coefficient (Wildman–Crippen LogP) is 2.87. The third kappa shape index (κ3) is 2.44. The molecule has 0 saturated heterocycles. The van der Waals surface area contributed by atoms with Gasteiger partial charge in [0.15, 0.2) is 0 Å². The van der Waals surface area contributed by atoms with Crippen molar-refractivity contribution in [3.05, 3.63) is 23.2 Å². The molecule has 0 saturated carbocycles. The summed E-state index contributed by atoms with van der Waals surface area (Å²) in [5.74, 6) is 5.65. The van der Waals surface area contributed by atoms with Gasteiger partial charge in [-0.25, -0.2) is 0 Å². The van der Waals surface area contributed by atoms with Gasteiger partial charge in [0, 0.05) is 5.02 Å². The Morgan fingerprint density at radius 2 is 2.39 bits per heavy atom. The van der Waals surface area contributed by atoms with Crippen LogP contribution in [-0.2, 0) is 4.79 Å². The Kier molecular flexibility index (Phi) is 3.78. The zero-order chi connectivity index (χ0) is 13.1. The molecule has 0 spiro atoms. The molecule has 0 aliphatic carbocycles. The zero-order valence-electron chi connectivity index (χ0n) is 10.4. The molecule has 0 bridgehead atoms. The van der Waals surface area contributed by atoms with E-state index >= 15 is 0 Å². The molecule has 94 valence electrons. The highest BCUT2D eigenvalue weighted by molar-refractivity contribution is 6.31. The Morgan fingerprint density at radius 1 is 1.61 bits per heavy atom. The van der Waals surface area contributed by atoms with Crippen LogP contribution in [0.3, 0.4) is 0 Å². The minimum absolute atomic E-state index is 0.00119. The van der Waals surface area contributed by atoms with Crippen LogP contribution in [0.5, 0.6) is 5.75 Å². The Hall–Kier alpha value is -1.66. The molecule has 1 amide bonds. The summed E-state index contributed by atoms with van der Waals surface area (Å²) < 4.78 is 5.79. The average molecular weight is 264 g/mol. The topological polar surface area (TPSA) is 29.5 Å². The van der Waals surface area contributed by atoms with Crippen molar-refractivity contribution in [2.75, 3.05) is 11.4 Å². The maximum absolute atomic E-state index is 12.0. The fourth-order valence-electron chi connectivity index (χ4n) is 1.90. The van der Waals surface area contributed by atoms with Gasteiger partial charge in [0.05, 0.1) is 12.2 Å². The fourth-order valence-corrected chi connectivity index (χ4v) is 2.07. The zero-order valence-corrected chi connectivity index (χ0v) is 11.1. The van der Waals surface area contributed by atoms with E-state index in [1.165, 1.54) is 0 Å². The van der Waals surface area contributed by atoms with E-state index in [0.29, 0.717) is 23.0 Å². The molecule has 4 heteroatoms. The number of ether oxygens (including phenoxy) is 1. The van der Waals surface area contributed by atoms with Crippen LogP contribution in [0.15, 0.2) is 18.2 Å². The Morgan fingerprint density at radius 3 is 3.06 bits per heavy atom. The Bertz CT molecular complexity index is 530. The summed E-state index contributed by atoms with van der Waals surface area (Å²) in [7, 11) is 0. The molecule has 1 aliphatic rings. The smallest absolute Gasteiger partial charge is 0.303 e. The highest BCUT2D eigenvalue weighted by Gasteiger charge is 2.28. The van der Waals surface area contributed by atoms with Gasteiger partial charge in [0.25, 0.3) is 0 Å². The predicted molar refractivity (Wildman–Crippen MR) is 72.0 cm³/mol.